The highest BCUT2D eigenvalue weighted by Gasteiger charge is 2.35. The lowest BCUT2D eigenvalue weighted by molar-refractivity contribution is -0.129. The molecule has 1 fully saturated rings. The number of amides is 1. The fourth-order valence-corrected chi connectivity index (χ4v) is 1.64. The molecule has 2 N–H and O–H groups in total. The van der Waals surface area contributed by atoms with Crippen LogP contribution in [0.5, 0.6) is 0 Å². The SMILES string of the molecule is NC1C(=O)CN(Cc2ccccc2)C1=O. The number of carbonyl (C=O) groups excluding carboxylic acids is 2. The van der Waals surface area contributed by atoms with Crippen LogP contribution in [0.15, 0.2) is 30.3 Å². The zero-order valence-corrected chi connectivity index (χ0v) is 8.22. The molecule has 1 saturated heterocycles. The number of rotatable bonds is 2. The third-order valence-electron chi connectivity index (χ3n) is 2.49. The average Bonchev–Trinajstić information content (AvgIpc) is 2.48. The van der Waals surface area contributed by atoms with Crippen molar-refractivity contribution in [1.82, 2.24) is 4.90 Å². The summed E-state index contributed by atoms with van der Waals surface area (Å²) in [6.07, 6.45) is 0. The van der Waals surface area contributed by atoms with Crippen LogP contribution < -0.4 is 5.73 Å². The molecule has 1 aliphatic rings. The van der Waals surface area contributed by atoms with E-state index in [2.05, 4.69) is 0 Å². The normalized spacial score (nSPS) is 21.1. The average molecular weight is 204 g/mol. The van der Waals surface area contributed by atoms with E-state index in [9.17, 15) is 9.59 Å². The molecule has 1 aromatic carbocycles. The van der Waals surface area contributed by atoms with Gasteiger partial charge in [0.05, 0.1) is 6.54 Å². The zero-order valence-electron chi connectivity index (χ0n) is 8.22. The van der Waals surface area contributed by atoms with Gasteiger partial charge >= 0.3 is 0 Å². The van der Waals surface area contributed by atoms with Crippen molar-refractivity contribution in [1.29, 1.82) is 0 Å². The maximum absolute atomic E-state index is 11.5. The van der Waals surface area contributed by atoms with Crippen LogP contribution in [0.1, 0.15) is 5.56 Å². The van der Waals surface area contributed by atoms with Crippen LogP contribution in [0.4, 0.5) is 0 Å². The molecule has 0 radical (unpaired) electrons. The van der Waals surface area contributed by atoms with Crippen LogP contribution in [0, 0.1) is 0 Å². The lowest BCUT2D eigenvalue weighted by Crippen LogP contribution is -2.35. The number of Topliss-reactive ketones (excluding diaryl/α,β-unsaturated/α-hetero) is 1. The largest absolute Gasteiger partial charge is 0.329 e. The van der Waals surface area contributed by atoms with Crippen LogP contribution in [0.2, 0.25) is 0 Å². The van der Waals surface area contributed by atoms with Gasteiger partial charge in [-0.25, -0.2) is 0 Å². The smallest absolute Gasteiger partial charge is 0.247 e. The molecule has 1 aromatic rings. The number of benzene rings is 1. The molecule has 0 aliphatic carbocycles. The Morgan fingerprint density at radius 3 is 2.47 bits per heavy atom. The molecular formula is C11H12N2O2. The summed E-state index contributed by atoms with van der Waals surface area (Å²) in [5.41, 5.74) is 6.43. The number of hydrogen-bond donors (Lipinski definition) is 1. The molecule has 0 aromatic heterocycles. The van der Waals surface area contributed by atoms with Crippen molar-refractivity contribution in [2.24, 2.45) is 5.73 Å². The van der Waals surface area contributed by atoms with E-state index in [0.29, 0.717) is 6.54 Å². The first kappa shape index (κ1) is 9.86. The van der Waals surface area contributed by atoms with Crippen molar-refractivity contribution < 1.29 is 9.59 Å². The van der Waals surface area contributed by atoms with Crippen molar-refractivity contribution in [3.05, 3.63) is 35.9 Å². The van der Waals surface area contributed by atoms with Crippen molar-refractivity contribution >= 4 is 11.7 Å². The molecule has 1 unspecified atom stereocenters. The Labute approximate surface area is 87.7 Å². The van der Waals surface area contributed by atoms with E-state index in [-0.39, 0.29) is 18.2 Å². The monoisotopic (exact) mass is 204 g/mol. The second kappa shape index (κ2) is 3.82. The van der Waals surface area contributed by atoms with Gasteiger partial charge in [0.15, 0.2) is 5.78 Å². The van der Waals surface area contributed by atoms with E-state index in [4.69, 9.17) is 5.73 Å². The summed E-state index contributed by atoms with van der Waals surface area (Å²) in [6, 6.07) is 8.60. The summed E-state index contributed by atoms with van der Waals surface area (Å²) >= 11 is 0. The first-order chi connectivity index (χ1) is 7.18. The van der Waals surface area contributed by atoms with Gasteiger partial charge in [-0.2, -0.15) is 0 Å². The molecule has 1 atom stereocenters. The van der Waals surface area contributed by atoms with Crippen LogP contribution in [-0.2, 0) is 16.1 Å². The van der Waals surface area contributed by atoms with Crippen molar-refractivity contribution in [3.8, 4) is 0 Å². The minimum atomic E-state index is -0.950. The highest BCUT2D eigenvalue weighted by Crippen LogP contribution is 2.11. The maximum atomic E-state index is 11.5. The number of carbonyl (C=O) groups is 2. The fourth-order valence-electron chi connectivity index (χ4n) is 1.64. The summed E-state index contributed by atoms with van der Waals surface area (Å²) in [7, 11) is 0. The molecule has 2 rings (SSSR count). The van der Waals surface area contributed by atoms with Crippen LogP contribution in [0.3, 0.4) is 0 Å². The van der Waals surface area contributed by atoms with E-state index >= 15 is 0 Å². The number of nitrogens with zero attached hydrogens (tertiary/aromatic N) is 1. The van der Waals surface area contributed by atoms with Crippen molar-refractivity contribution in [2.45, 2.75) is 12.6 Å². The number of likely N-dealkylation sites (tertiary alicyclic amines) is 1. The molecule has 78 valence electrons. The van der Waals surface area contributed by atoms with Gasteiger partial charge in [-0.05, 0) is 5.56 Å². The zero-order chi connectivity index (χ0) is 10.8. The van der Waals surface area contributed by atoms with E-state index in [1.807, 2.05) is 30.3 Å². The first-order valence-corrected chi connectivity index (χ1v) is 4.79. The Balaban J connectivity index is 2.09. The Hall–Kier alpha value is -1.68. The Kier molecular flexibility index (Phi) is 2.51. The van der Waals surface area contributed by atoms with Crippen molar-refractivity contribution in [3.63, 3.8) is 0 Å². The number of nitrogens with two attached hydrogens (primary N) is 1. The minimum Gasteiger partial charge on any atom is -0.329 e. The molecular weight excluding hydrogens is 192 g/mol. The Bertz CT molecular complexity index is 389. The maximum Gasteiger partial charge on any atom is 0.247 e. The van der Waals surface area contributed by atoms with Crippen LogP contribution in [0.25, 0.3) is 0 Å². The topological polar surface area (TPSA) is 63.4 Å². The standard InChI is InChI=1S/C11H12N2O2/c12-10-9(14)7-13(11(10)15)6-8-4-2-1-3-5-8/h1-5,10H,6-7,12H2. The van der Waals surface area contributed by atoms with Crippen LogP contribution in [-0.4, -0.2) is 29.2 Å². The molecule has 0 spiro atoms. The third kappa shape index (κ3) is 1.89. The van der Waals surface area contributed by atoms with E-state index in [1.54, 1.807) is 0 Å². The molecule has 0 bridgehead atoms. The predicted octanol–water partition coefficient (Wildman–Crippen LogP) is -0.0748. The second-order valence-corrected chi connectivity index (χ2v) is 3.62. The first-order valence-electron chi connectivity index (χ1n) is 4.79. The summed E-state index contributed by atoms with van der Waals surface area (Å²) in [5.74, 6) is -0.472. The highest BCUT2D eigenvalue weighted by atomic mass is 16.2. The summed E-state index contributed by atoms with van der Waals surface area (Å²) in [4.78, 5) is 24.2. The Morgan fingerprint density at radius 1 is 1.27 bits per heavy atom. The molecule has 0 saturated carbocycles. The van der Waals surface area contributed by atoms with Gasteiger partial charge in [0.25, 0.3) is 0 Å². The lowest BCUT2D eigenvalue weighted by Gasteiger charge is -2.14. The number of ketones is 1. The fraction of sp³-hybridized carbons (Fsp3) is 0.273. The number of hydrogen-bond acceptors (Lipinski definition) is 3. The van der Waals surface area contributed by atoms with Gasteiger partial charge < -0.3 is 10.6 Å². The lowest BCUT2D eigenvalue weighted by atomic mass is 10.2. The summed E-state index contributed by atoms with van der Waals surface area (Å²) in [5, 5.41) is 0. The van der Waals surface area contributed by atoms with E-state index in [1.165, 1.54) is 4.90 Å². The highest BCUT2D eigenvalue weighted by molar-refractivity contribution is 6.11. The van der Waals surface area contributed by atoms with Gasteiger partial charge in [-0.15, -0.1) is 0 Å². The van der Waals surface area contributed by atoms with E-state index < -0.39 is 6.04 Å². The van der Waals surface area contributed by atoms with Gasteiger partial charge in [-0.1, -0.05) is 30.3 Å². The van der Waals surface area contributed by atoms with Crippen molar-refractivity contribution in [2.75, 3.05) is 6.54 Å². The van der Waals surface area contributed by atoms with Gasteiger partial charge in [0.1, 0.15) is 6.04 Å². The van der Waals surface area contributed by atoms with Gasteiger partial charge in [0.2, 0.25) is 5.91 Å². The molecule has 1 heterocycles. The van der Waals surface area contributed by atoms with Gasteiger partial charge in [-0.3, -0.25) is 9.59 Å². The molecule has 1 amide bonds. The third-order valence-corrected chi connectivity index (χ3v) is 2.49. The van der Waals surface area contributed by atoms with Crippen LogP contribution >= 0.6 is 0 Å². The second-order valence-electron chi connectivity index (χ2n) is 3.62. The molecule has 4 heteroatoms. The summed E-state index contributed by atoms with van der Waals surface area (Å²) < 4.78 is 0. The Morgan fingerprint density at radius 2 is 1.93 bits per heavy atom. The van der Waals surface area contributed by atoms with Gasteiger partial charge in [0, 0.05) is 6.54 Å². The molecule has 4 nitrogen and oxygen atoms in total. The quantitative estimate of drug-likeness (QED) is 0.686. The van der Waals surface area contributed by atoms with E-state index in [0.717, 1.165) is 5.56 Å². The molecule has 15 heavy (non-hydrogen) atoms. The molecule has 1 aliphatic heterocycles. The minimum absolute atomic E-state index is 0.134. The summed E-state index contributed by atoms with van der Waals surface area (Å²) in [6.45, 7) is 0.591. The predicted molar refractivity (Wildman–Crippen MR) is 54.8 cm³/mol.